The number of nitrogens with zero attached hydrogens (tertiary/aromatic N) is 2. The number of benzene rings is 2. The van der Waals surface area contributed by atoms with E-state index in [0.29, 0.717) is 24.2 Å². The summed E-state index contributed by atoms with van der Waals surface area (Å²) in [4.78, 5) is 19.3. The van der Waals surface area contributed by atoms with E-state index in [2.05, 4.69) is 11.1 Å². The Morgan fingerprint density at radius 3 is 2.86 bits per heavy atom. The van der Waals surface area contributed by atoms with Crippen LogP contribution in [0.1, 0.15) is 30.9 Å². The molecule has 2 aliphatic heterocycles. The number of carbonyl (C=O) groups excluding carboxylic acids is 1. The molecule has 0 N–H and O–H groups in total. The molecule has 29 heavy (non-hydrogen) atoms. The van der Waals surface area contributed by atoms with Gasteiger partial charge in [-0.2, -0.15) is 0 Å². The summed E-state index contributed by atoms with van der Waals surface area (Å²) in [5, 5.41) is 0.533. The van der Waals surface area contributed by atoms with Gasteiger partial charge in [0.25, 0.3) is 5.22 Å². The number of hydrogen-bond acceptors (Lipinski definition) is 6. The zero-order valence-electron chi connectivity index (χ0n) is 16.0. The minimum Gasteiger partial charge on any atom is -0.490 e. The maximum absolute atomic E-state index is 12.9. The summed E-state index contributed by atoms with van der Waals surface area (Å²) in [6.07, 6.45) is 2.84. The Morgan fingerprint density at radius 1 is 1.10 bits per heavy atom. The molecule has 5 rings (SSSR count). The highest BCUT2D eigenvalue weighted by molar-refractivity contribution is 7.99. The van der Waals surface area contributed by atoms with Gasteiger partial charge in [-0.05, 0) is 42.7 Å². The fourth-order valence-electron chi connectivity index (χ4n) is 3.92. The third-order valence-corrected chi connectivity index (χ3v) is 6.14. The van der Waals surface area contributed by atoms with Gasteiger partial charge in [-0.15, -0.1) is 0 Å². The summed E-state index contributed by atoms with van der Waals surface area (Å²) in [6, 6.07) is 13.8. The zero-order valence-corrected chi connectivity index (χ0v) is 16.8. The lowest BCUT2D eigenvalue weighted by Gasteiger charge is -2.25. The van der Waals surface area contributed by atoms with Gasteiger partial charge in [0.2, 0.25) is 5.91 Å². The summed E-state index contributed by atoms with van der Waals surface area (Å²) in [6.45, 7) is 2.10. The number of ether oxygens (including phenoxy) is 2. The van der Waals surface area contributed by atoms with E-state index in [1.807, 2.05) is 41.3 Å². The SMILES string of the molecule is O=C(CSc1nc2ccccc2o1)N1CCC[C@@H]1c1ccc2c(c1)OCCCO2. The van der Waals surface area contributed by atoms with Gasteiger partial charge in [0, 0.05) is 13.0 Å². The van der Waals surface area contributed by atoms with Gasteiger partial charge in [-0.25, -0.2) is 4.98 Å². The number of oxazole rings is 1. The number of thioether (sulfide) groups is 1. The number of aromatic nitrogens is 1. The number of carbonyl (C=O) groups is 1. The number of fused-ring (bicyclic) bond motifs is 2. The lowest BCUT2D eigenvalue weighted by atomic mass is 10.0. The fraction of sp³-hybridized carbons (Fsp3) is 0.364. The molecular formula is C22H22N2O4S. The van der Waals surface area contributed by atoms with Crippen LogP contribution in [0, 0.1) is 0 Å². The van der Waals surface area contributed by atoms with E-state index in [1.165, 1.54) is 11.8 Å². The molecule has 6 nitrogen and oxygen atoms in total. The van der Waals surface area contributed by atoms with Gasteiger partial charge in [0.15, 0.2) is 17.1 Å². The van der Waals surface area contributed by atoms with Crippen molar-refractivity contribution in [3.05, 3.63) is 48.0 Å². The van der Waals surface area contributed by atoms with Crippen molar-refractivity contribution in [2.24, 2.45) is 0 Å². The average Bonchev–Trinajstić information content (AvgIpc) is 3.33. The van der Waals surface area contributed by atoms with Crippen LogP contribution in [0.5, 0.6) is 11.5 Å². The zero-order chi connectivity index (χ0) is 19.6. The molecular weight excluding hydrogens is 388 g/mol. The smallest absolute Gasteiger partial charge is 0.257 e. The molecule has 1 saturated heterocycles. The van der Waals surface area contributed by atoms with Crippen molar-refractivity contribution < 1.29 is 18.7 Å². The number of rotatable bonds is 4. The van der Waals surface area contributed by atoms with Gasteiger partial charge in [0.05, 0.1) is 25.0 Å². The number of likely N-dealkylation sites (tertiary alicyclic amines) is 1. The van der Waals surface area contributed by atoms with E-state index >= 15 is 0 Å². The highest BCUT2D eigenvalue weighted by Gasteiger charge is 2.31. The molecule has 0 aliphatic carbocycles. The van der Waals surface area contributed by atoms with Crippen molar-refractivity contribution in [1.29, 1.82) is 0 Å². The molecule has 0 unspecified atom stereocenters. The van der Waals surface area contributed by atoms with Crippen LogP contribution in [-0.4, -0.2) is 41.3 Å². The summed E-state index contributed by atoms with van der Waals surface area (Å²) in [5.41, 5.74) is 2.66. The van der Waals surface area contributed by atoms with Gasteiger partial charge in [0.1, 0.15) is 5.52 Å². The highest BCUT2D eigenvalue weighted by Crippen LogP contribution is 2.38. The Kier molecular flexibility index (Phi) is 5.06. The third-order valence-electron chi connectivity index (χ3n) is 5.32. The van der Waals surface area contributed by atoms with Crippen LogP contribution in [0.25, 0.3) is 11.1 Å². The molecule has 0 spiro atoms. The minimum absolute atomic E-state index is 0.0730. The molecule has 2 aliphatic rings. The lowest BCUT2D eigenvalue weighted by molar-refractivity contribution is -0.129. The quantitative estimate of drug-likeness (QED) is 0.593. The van der Waals surface area contributed by atoms with Crippen LogP contribution >= 0.6 is 11.8 Å². The Labute approximate surface area is 173 Å². The van der Waals surface area contributed by atoms with E-state index in [0.717, 1.165) is 54.0 Å². The second kappa shape index (κ2) is 7.99. The van der Waals surface area contributed by atoms with Crippen molar-refractivity contribution in [2.45, 2.75) is 30.5 Å². The van der Waals surface area contributed by atoms with Gasteiger partial charge in [-0.1, -0.05) is 30.0 Å². The topological polar surface area (TPSA) is 64.8 Å². The van der Waals surface area contributed by atoms with Crippen molar-refractivity contribution in [1.82, 2.24) is 9.88 Å². The van der Waals surface area contributed by atoms with E-state index in [1.54, 1.807) is 0 Å². The summed E-state index contributed by atoms with van der Waals surface area (Å²) < 4.78 is 17.3. The Morgan fingerprint density at radius 2 is 1.97 bits per heavy atom. The van der Waals surface area contributed by atoms with E-state index < -0.39 is 0 Å². The molecule has 3 heterocycles. The Bertz CT molecular complexity index is 1000. The first-order valence-electron chi connectivity index (χ1n) is 9.95. The molecule has 1 aromatic heterocycles. The minimum atomic E-state index is 0.0730. The number of amides is 1. The largest absolute Gasteiger partial charge is 0.490 e. The van der Waals surface area contributed by atoms with Crippen molar-refractivity contribution in [2.75, 3.05) is 25.5 Å². The standard InChI is InChI=1S/C22H22N2O4S/c25-21(14-29-22-23-16-5-1-2-7-18(16)28-22)24-10-3-6-17(24)15-8-9-19-20(13-15)27-12-4-11-26-19/h1-2,5,7-9,13,17H,3-4,6,10-12,14H2/t17-/m1/s1. The van der Waals surface area contributed by atoms with Crippen molar-refractivity contribution >= 4 is 28.8 Å². The van der Waals surface area contributed by atoms with E-state index in [-0.39, 0.29) is 11.9 Å². The maximum Gasteiger partial charge on any atom is 0.257 e. The molecule has 7 heteroatoms. The van der Waals surface area contributed by atoms with E-state index in [4.69, 9.17) is 13.9 Å². The average molecular weight is 410 g/mol. The van der Waals surface area contributed by atoms with Crippen LogP contribution < -0.4 is 9.47 Å². The van der Waals surface area contributed by atoms with Gasteiger partial charge in [-0.3, -0.25) is 4.79 Å². The lowest BCUT2D eigenvalue weighted by Crippen LogP contribution is -2.32. The van der Waals surface area contributed by atoms with Crippen LogP contribution in [0.15, 0.2) is 52.1 Å². The number of hydrogen-bond donors (Lipinski definition) is 0. The monoisotopic (exact) mass is 410 g/mol. The molecule has 3 aromatic rings. The maximum atomic E-state index is 12.9. The first kappa shape index (κ1) is 18.4. The Hall–Kier alpha value is -2.67. The third kappa shape index (κ3) is 3.79. The first-order chi connectivity index (χ1) is 14.3. The van der Waals surface area contributed by atoms with E-state index in [9.17, 15) is 4.79 Å². The molecule has 1 amide bonds. The summed E-state index contributed by atoms with van der Waals surface area (Å²) >= 11 is 1.35. The van der Waals surface area contributed by atoms with Crippen molar-refractivity contribution in [3.63, 3.8) is 0 Å². The Balaban J connectivity index is 1.28. The molecule has 0 radical (unpaired) electrons. The predicted molar refractivity (Wildman–Crippen MR) is 110 cm³/mol. The second-order valence-electron chi connectivity index (χ2n) is 7.24. The fourth-order valence-corrected chi connectivity index (χ4v) is 4.64. The van der Waals surface area contributed by atoms with Gasteiger partial charge >= 0.3 is 0 Å². The predicted octanol–water partition coefficient (Wildman–Crippen LogP) is 4.44. The molecule has 0 bridgehead atoms. The van der Waals surface area contributed by atoms with Crippen LogP contribution in [0.3, 0.4) is 0 Å². The summed E-state index contributed by atoms with van der Waals surface area (Å²) in [7, 11) is 0. The van der Waals surface area contributed by atoms with Crippen LogP contribution in [-0.2, 0) is 4.79 Å². The van der Waals surface area contributed by atoms with Gasteiger partial charge < -0.3 is 18.8 Å². The molecule has 2 aromatic carbocycles. The number of para-hydroxylation sites is 2. The molecule has 0 saturated carbocycles. The second-order valence-corrected chi connectivity index (χ2v) is 8.16. The molecule has 150 valence electrons. The summed E-state index contributed by atoms with van der Waals surface area (Å²) in [5.74, 6) is 1.98. The first-order valence-corrected chi connectivity index (χ1v) is 10.9. The van der Waals surface area contributed by atoms with Crippen molar-refractivity contribution in [3.8, 4) is 11.5 Å². The molecule has 1 fully saturated rings. The van der Waals surface area contributed by atoms with Crippen LogP contribution in [0.4, 0.5) is 0 Å². The van der Waals surface area contributed by atoms with Crippen LogP contribution in [0.2, 0.25) is 0 Å². The normalized spacial score (nSPS) is 18.8. The molecule has 1 atom stereocenters. The highest BCUT2D eigenvalue weighted by atomic mass is 32.2.